The van der Waals surface area contributed by atoms with Crippen molar-refractivity contribution < 1.29 is 4.21 Å². The second kappa shape index (κ2) is 9.30. The van der Waals surface area contributed by atoms with Crippen LogP contribution < -0.4 is 10.6 Å². The Morgan fingerprint density at radius 1 is 1.29 bits per heavy atom. The molecule has 0 aromatic carbocycles. The van der Waals surface area contributed by atoms with Gasteiger partial charge in [0.05, 0.1) is 6.54 Å². The van der Waals surface area contributed by atoms with Gasteiger partial charge in [-0.2, -0.15) is 0 Å². The summed E-state index contributed by atoms with van der Waals surface area (Å²) in [5, 5.41) is 14.6. The van der Waals surface area contributed by atoms with Gasteiger partial charge in [0.25, 0.3) is 0 Å². The van der Waals surface area contributed by atoms with E-state index in [0.29, 0.717) is 24.8 Å². The van der Waals surface area contributed by atoms with Crippen molar-refractivity contribution >= 4 is 46.4 Å². The van der Waals surface area contributed by atoms with Crippen LogP contribution in [-0.4, -0.2) is 48.9 Å². The van der Waals surface area contributed by atoms with E-state index in [2.05, 4.69) is 25.8 Å². The van der Waals surface area contributed by atoms with Crippen LogP contribution >= 0.6 is 24.0 Å². The molecule has 0 radical (unpaired) electrons. The Balaban J connectivity index is 0.00000288. The lowest BCUT2D eigenvalue weighted by atomic mass is 10.3. The van der Waals surface area contributed by atoms with Crippen LogP contribution in [0.25, 0.3) is 5.65 Å². The summed E-state index contributed by atoms with van der Waals surface area (Å²) in [5.74, 6) is 2.04. The molecule has 0 aliphatic carbocycles. The molecule has 134 valence electrons. The van der Waals surface area contributed by atoms with Gasteiger partial charge in [0.15, 0.2) is 17.4 Å². The Morgan fingerprint density at radius 3 is 2.71 bits per heavy atom. The van der Waals surface area contributed by atoms with Crippen LogP contribution in [-0.2, 0) is 17.3 Å². The molecule has 0 fully saturated rings. The molecule has 2 rings (SSSR count). The van der Waals surface area contributed by atoms with Crippen molar-refractivity contribution in [3.8, 4) is 0 Å². The Kier molecular flexibility index (Phi) is 8.07. The molecule has 24 heavy (non-hydrogen) atoms. The molecule has 2 aromatic rings. The minimum absolute atomic E-state index is 0. The summed E-state index contributed by atoms with van der Waals surface area (Å²) in [4.78, 5) is 4.16. The number of aromatic nitrogens is 3. The molecule has 7 nitrogen and oxygen atoms in total. The predicted octanol–water partition coefficient (Wildman–Crippen LogP) is 1.56. The first kappa shape index (κ1) is 20.8. The van der Waals surface area contributed by atoms with E-state index in [4.69, 9.17) is 0 Å². The van der Waals surface area contributed by atoms with Crippen molar-refractivity contribution in [1.82, 2.24) is 25.2 Å². The van der Waals surface area contributed by atoms with E-state index in [1.807, 2.05) is 49.6 Å². The second-order valence-electron chi connectivity index (χ2n) is 6.06. The fourth-order valence-corrected chi connectivity index (χ4v) is 2.86. The van der Waals surface area contributed by atoms with E-state index >= 15 is 0 Å². The SMILES string of the molecule is CN=C(NCCS(=O)C(C)(C)C)NCc1nnc2ccccn12.I. The molecule has 1 atom stereocenters. The summed E-state index contributed by atoms with van der Waals surface area (Å²) in [6, 6.07) is 5.77. The monoisotopic (exact) mass is 464 g/mol. The van der Waals surface area contributed by atoms with Gasteiger partial charge in [0, 0.05) is 41.1 Å². The Morgan fingerprint density at radius 2 is 2.04 bits per heavy atom. The maximum absolute atomic E-state index is 12.0. The van der Waals surface area contributed by atoms with Crippen LogP contribution in [0.15, 0.2) is 29.4 Å². The maximum Gasteiger partial charge on any atom is 0.191 e. The van der Waals surface area contributed by atoms with Gasteiger partial charge in [-0.1, -0.05) is 6.07 Å². The molecule has 0 spiro atoms. The van der Waals surface area contributed by atoms with Gasteiger partial charge >= 0.3 is 0 Å². The van der Waals surface area contributed by atoms with Crippen LogP contribution in [0.4, 0.5) is 0 Å². The van der Waals surface area contributed by atoms with Crippen LogP contribution in [0.1, 0.15) is 26.6 Å². The molecule has 0 amide bonds. The average Bonchev–Trinajstić information content (AvgIpc) is 2.93. The summed E-state index contributed by atoms with van der Waals surface area (Å²) >= 11 is 0. The minimum atomic E-state index is -0.880. The highest BCUT2D eigenvalue weighted by atomic mass is 127. The molecule has 0 saturated heterocycles. The third-order valence-corrected chi connectivity index (χ3v) is 5.23. The van der Waals surface area contributed by atoms with Gasteiger partial charge in [-0.3, -0.25) is 13.6 Å². The molecule has 9 heteroatoms. The zero-order valence-electron chi connectivity index (χ0n) is 14.4. The molecule has 1 unspecified atom stereocenters. The molecule has 0 bridgehead atoms. The molecular formula is C15H25IN6OS. The third-order valence-electron chi connectivity index (χ3n) is 3.28. The quantitative estimate of drug-likeness (QED) is 0.399. The van der Waals surface area contributed by atoms with Crippen molar-refractivity contribution in [2.24, 2.45) is 4.99 Å². The highest BCUT2D eigenvalue weighted by molar-refractivity contribution is 14.0. The van der Waals surface area contributed by atoms with Gasteiger partial charge in [0.1, 0.15) is 0 Å². The molecule has 0 saturated carbocycles. The van der Waals surface area contributed by atoms with E-state index in [-0.39, 0.29) is 28.7 Å². The number of guanidine groups is 1. The lowest BCUT2D eigenvalue weighted by Gasteiger charge is -2.18. The maximum atomic E-state index is 12.0. The van der Waals surface area contributed by atoms with Crippen LogP contribution in [0.3, 0.4) is 0 Å². The van der Waals surface area contributed by atoms with Crippen molar-refractivity contribution in [1.29, 1.82) is 0 Å². The van der Waals surface area contributed by atoms with Gasteiger partial charge in [-0.25, -0.2) is 0 Å². The molecule has 2 heterocycles. The molecular weight excluding hydrogens is 439 g/mol. The van der Waals surface area contributed by atoms with Gasteiger partial charge in [-0.05, 0) is 32.9 Å². The predicted molar refractivity (Wildman–Crippen MR) is 109 cm³/mol. The van der Waals surface area contributed by atoms with Crippen molar-refractivity contribution in [3.05, 3.63) is 30.2 Å². The highest BCUT2D eigenvalue weighted by Gasteiger charge is 2.18. The Hall–Kier alpha value is -1.23. The standard InChI is InChI=1S/C15H24N6OS.HI/c1-15(2,3)23(22)10-8-17-14(16-4)18-11-13-20-19-12-7-5-6-9-21(12)13;/h5-7,9H,8,10-11H2,1-4H3,(H2,16,17,18);1H. The normalized spacial score (nSPS) is 13.4. The van der Waals surface area contributed by atoms with Crippen molar-refractivity contribution in [3.63, 3.8) is 0 Å². The molecule has 2 N–H and O–H groups in total. The lowest BCUT2D eigenvalue weighted by molar-refractivity contribution is 0.646. The number of pyridine rings is 1. The van der Waals surface area contributed by atoms with Gasteiger partial charge in [-0.15, -0.1) is 34.2 Å². The summed E-state index contributed by atoms with van der Waals surface area (Å²) in [5.41, 5.74) is 0.813. The Bertz CT molecular complexity index is 709. The molecule has 2 aromatic heterocycles. The number of halogens is 1. The lowest BCUT2D eigenvalue weighted by Crippen LogP contribution is -2.40. The van der Waals surface area contributed by atoms with E-state index in [1.54, 1.807) is 7.05 Å². The fraction of sp³-hybridized carbons (Fsp3) is 0.533. The number of nitrogens with zero attached hydrogens (tertiary/aromatic N) is 4. The van der Waals surface area contributed by atoms with Crippen LogP contribution in [0, 0.1) is 0 Å². The largest absolute Gasteiger partial charge is 0.355 e. The van der Waals surface area contributed by atoms with Crippen LogP contribution in [0.5, 0.6) is 0 Å². The molecule has 0 aliphatic rings. The number of hydrogen-bond acceptors (Lipinski definition) is 4. The summed E-state index contributed by atoms with van der Waals surface area (Å²) in [6.45, 7) is 7.04. The first-order valence-corrected chi connectivity index (χ1v) is 8.85. The summed E-state index contributed by atoms with van der Waals surface area (Å²) in [6.07, 6.45) is 1.93. The smallest absolute Gasteiger partial charge is 0.191 e. The second-order valence-corrected chi connectivity index (χ2v) is 8.38. The van der Waals surface area contributed by atoms with E-state index in [1.165, 1.54) is 0 Å². The zero-order chi connectivity index (χ0) is 16.9. The zero-order valence-corrected chi connectivity index (χ0v) is 17.6. The van der Waals surface area contributed by atoms with Crippen LogP contribution in [0.2, 0.25) is 0 Å². The average molecular weight is 464 g/mol. The number of nitrogens with one attached hydrogen (secondary N) is 2. The highest BCUT2D eigenvalue weighted by Crippen LogP contribution is 2.10. The topological polar surface area (TPSA) is 83.7 Å². The Labute approximate surface area is 162 Å². The third kappa shape index (κ3) is 5.69. The summed E-state index contributed by atoms with van der Waals surface area (Å²) < 4.78 is 13.7. The van der Waals surface area contributed by atoms with E-state index in [9.17, 15) is 4.21 Å². The minimum Gasteiger partial charge on any atom is -0.355 e. The van der Waals surface area contributed by atoms with Gasteiger partial charge in [0.2, 0.25) is 0 Å². The van der Waals surface area contributed by atoms with Gasteiger partial charge < -0.3 is 10.6 Å². The first-order valence-electron chi connectivity index (χ1n) is 7.53. The number of rotatable bonds is 5. The fourth-order valence-electron chi connectivity index (χ4n) is 1.96. The number of fused-ring (bicyclic) bond motifs is 1. The van der Waals surface area contributed by atoms with E-state index in [0.717, 1.165) is 11.5 Å². The van der Waals surface area contributed by atoms with Crippen molar-refractivity contribution in [2.45, 2.75) is 32.1 Å². The van der Waals surface area contributed by atoms with E-state index < -0.39 is 10.8 Å². The number of aliphatic imine (C=N–C) groups is 1. The molecule has 0 aliphatic heterocycles. The summed E-state index contributed by atoms with van der Waals surface area (Å²) in [7, 11) is 0.827. The van der Waals surface area contributed by atoms with Crippen molar-refractivity contribution in [2.75, 3.05) is 19.3 Å². The number of hydrogen-bond donors (Lipinski definition) is 2. The first-order chi connectivity index (χ1) is 10.9.